The lowest BCUT2D eigenvalue weighted by Gasteiger charge is -2.09. The van der Waals surface area contributed by atoms with E-state index in [9.17, 15) is 18.0 Å². The SMILES string of the molecule is CCc1ccc(NC(=O)c2cnc(Nc3ccc(C(F)(F)F)cc3)cn2)cc1. The van der Waals surface area contributed by atoms with E-state index >= 15 is 0 Å². The molecule has 1 heterocycles. The molecule has 0 fully saturated rings. The van der Waals surface area contributed by atoms with Gasteiger partial charge < -0.3 is 10.6 Å². The van der Waals surface area contributed by atoms with Crippen LogP contribution in [0.25, 0.3) is 0 Å². The zero-order chi connectivity index (χ0) is 20.1. The fraction of sp³-hybridized carbons (Fsp3) is 0.150. The minimum atomic E-state index is -4.38. The predicted molar refractivity (Wildman–Crippen MR) is 101 cm³/mol. The third-order valence-electron chi connectivity index (χ3n) is 3.99. The lowest BCUT2D eigenvalue weighted by molar-refractivity contribution is -0.137. The predicted octanol–water partition coefficient (Wildman–Crippen LogP) is 5.05. The summed E-state index contributed by atoms with van der Waals surface area (Å²) in [6, 6.07) is 12.0. The highest BCUT2D eigenvalue weighted by molar-refractivity contribution is 6.02. The number of benzene rings is 2. The Bertz CT molecular complexity index is 937. The molecule has 0 aliphatic rings. The lowest BCUT2D eigenvalue weighted by Crippen LogP contribution is -2.14. The number of alkyl halides is 3. The molecule has 0 saturated heterocycles. The van der Waals surface area contributed by atoms with Crippen molar-refractivity contribution in [2.24, 2.45) is 0 Å². The van der Waals surface area contributed by atoms with Gasteiger partial charge in [-0.2, -0.15) is 13.2 Å². The molecule has 2 aromatic carbocycles. The maximum atomic E-state index is 12.6. The first-order valence-corrected chi connectivity index (χ1v) is 8.52. The highest BCUT2D eigenvalue weighted by Crippen LogP contribution is 2.30. The average Bonchev–Trinajstić information content (AvgIpc) is 2.69. The van der Waals surface area contributed by atoms with Crippen LogP contribution in [-0.2, 0) is 12.6 Å². The molecule has 0 unspecified atom stereocenters. The number of rotatable bonds is 5. The number of nitrogens with zero attached hydrogens (tertiary/aromatic N) is 2. The van der Waals surface area contributed by atoms with E-state index in [0.29, 0.717) is 17.2 Å². The van der Waals surface area contributed by atoms with Crippen LogP contribution in [0, 0.1) is 0 Å². The minimum Gasteiger partial charge on any atom is -0.339 e. The van der Waals surface area contributed by atoms with Gasteiger partial charge in [0.25, 0.3) is 5.91 Å². The molecule has 0 atom stereocenters. The third-order valence-corrected chi connectivity index (χ3v) is 3.99. The van der Waals surface area contributed by atoms with Crippen LogP contribution >= 0.6 is 0 Å². The Morgan fingerprint density at radius 2 is 1.57 bits per heavy atom. The second-order valence-corrected chi connectivity index (χ2v) is 5.99. The van der Waals surface area contributed by atoms with Gasteiger partial charge in [-0.3, -0.25) is 4.79 Å². The Balaban J connectivity index is 1.63. The van der Waals surface area contributed by atoms with Gasteiger partial charge in [-0.1, -0.05) is 19.1 Å². The Labute approximate surface area is 159 Å². The molecule has 0 spiro atoms. The number of carbonyl (C=O) groups excluding carboxylic acids is 1. The van der Waals surface area contributed by atoms with Crippen molar-refractivity contribution in [3.63, 3.8) is 0 Å². The van der Waals surface area contributed by atoms with Crippen molar-refractivity contribution in [2.75, 3.05) is 10.6 Å². The maximum Gasteiger partial charge on any atom is 0.416 e. The van der Waals surface area contributed by atoms with Gasteiger partial charge in [0.2, 0.25) is 0 Å². The lowest BCUT2D eigenvalue weighted by atomic mass is 10.1. The molecule has 8 heteroatoms. The van der Waals surface area contributed by atoms with E-state index in [1.165, 1.54) is 24.5 Å². The number of nitrogens with one attached hydrogen (secondary N) is 2. The molecule has 2 N–H and O–H groups in total. The zero-order valence-electron chi connectivity index (χ0n) is 14.9. The van der Waals surface area contributed by atoms with Crippen LogP contribution in [0.3, 0.4) is 0 Å². The summed E-state index contributed by atoms with van der Waals surface area (Å²) in [4.78, 5) is 20.4. The van der Waals surface area contributed by atoms with Crippen molar-refractivity contribution in [1.82, 2.24) is 9.97 Å². The van der Waals surface area contributed by atoms with Crippen molar-refractivity contribution >= 4 is 23.1 Å². The molecule has 3 aromatic rings. The summed E-state index contributed by atoms with van der Waals surface area (Å²) in [7, 11) is 0. The van der Waals surface area contributed by atoms with Gasteiger partial charge in [0.1, 0.15) is 11.5 Å². The summed E-state index contributed by atoms with van der Waals surface area (Å²) >= 11 is 0. The monoisotopic (exact) mass is 386 g/mol. The zero-order valence-corrected chi connectivity index (χ0v) is 14.9. The largest absolute Gasteiger partial charge is 0.416 e. The molecule has 5 nitrogen and oxygen atoms in total. The molecule has 3 rings (SSSR count). The van der Waals surface area contributed by atoms with E-state index in [-0.39, 0.29) is 5.69 Å². The Morgan fingerprint density at radius 1 is 0.929 bits per heavy atom. The quantitative estimate of drug-likeness (QED) is 0.644. The minimum absolute atomic E-state index is 0.123. The number of hydrogen-bond donors (Lipinski definition) is 2. The smallest absolute Gasteiger partial charge is 0.339 e. The standard InChI is InChI=1S/C20H17F3N4O/c1-2-13-3-7-16(8-4-13)27-19(28)17-11-25-18(12-24-17)26-15-9-5-14(6-10-15)20(21,22)23/h3-12H,2H2,1H3,(H,25,26)(H,27,28). The average molecular weight is 386 g/mol. The number of halogens is 3. The number of hydrogen-bond acceptors (Lipinski definition) is 4. The summed E-state index contributed by atoms with van der Waals surface area (Å²) in [5, 5.41) is 5.57. The molecule has 1 aromatic heterocycles. The molecule has 144 valence electrons. The van der Waals surface area contributed by atoms with Crippen LogP contribution in [0.4, 0.5) is 30.4 Å². The van der Waals surface area contributed by atoms with Crippen LogP contribution < -0.4 is 10.6 Å². The highest BCUT2D eigenvalue weighted by Gasteiger charge is 2.29. The fourth-order valence-corrected chi connectivity index (χ4v) is 2.42. The topological polar surface area (TPSA) is 66.9 Å². The number of amides is 1. The van der Waals surface area contributed by atoms with Crippen LogP contribution in [-0.4, -0.2) is 15.9 Å². The van der Waals surface area contributed by atoms with E-state index in [2.05, 4.69) is 20.6 Å². The first kappa shape index (κ1) is 19.3. The molecule has 0 aliphatic heterocycles. The first-order chi connectivity index (χ1) is 13.3. The van der Waals surface area contributed by atoms with Gasteiger partial charge in [0.15, 0.2) is 0 Å². The summed E-state index contributed by atoms with van der Waals surface area (Å²) in [5.41, 5.74) is 1.63. The number of aryl methyl sites for hydroxylation is 1. The molecule has 0 radical (unpaired) electrons. The summed E-state index contributed by atoms with van der Waals surface area (Å²) in [6.45, 7) is 2.05. The van der Waals surface area contributed by atoms with E-state index in [0.717, 1.165) is 24.1 Å². The van der Waals surface area contributed by atoms with Crippen LogP contribution in [0.5, 0.6) is 0 Å². The van der Waals surface area contributed by atoms with Crippen molar-refractivity contribution in [2.45, 2.75) is 19.5 Å². The Morgan fingerprint density at radius 3 is 2.11 bits per heavy atom. The van der Waals surface area contributed by atoms with E-state index in [4.69, 9.17) is 0 Å². The van der Waals surface area contributed by atoms with Gasteiger partial charge in [-0.05, 0) is 48.4 Å². The van der Waals surface area contributed by atoms with E-state index < -0.39 is 17.6 Å². The fourth-order valence-electron chi connectivity index (χ4n) is 2.42. The second-order valence-electron chi connectivity index (χ2n) is 5.99. The number of aromatic nitrogens is 2. The molecule has 1 amide bonds. The van der Waals surface area contributed by atoms with Gasteiger partial charge >= 0.3 is 6.18 Å². The van der Waals surface area contributed by atoms with Crippen molar-refractivity contribution in [3.05, 3.63) is 77.7 Å². The Hall–Kier alpha value is -3.42. The van der Waals surface area contributed by atoms with E-state index in [1.807, 2.05) is 31.2 Å². The van der Waals surface area contributed by atoms with Crippen LogP contribution in [0.15, 0.2) is 60.9 Å². The number of anilines is 3. The maximum absolute atomic E-state index is 12.6. The normalized spacial score (nSPS) is 11.1. The molecule has 28 heavy (non-hydrogen) atoms. The molecular weight excluding hydrogens is 369 g/mol. The summed E-state index contributed by atoms with van der Waals surface area (Å²) in [5.74, 6) is -0.0959. The first-order valence-electron chi connectivity index (χ1n) is 8.52. The molecule has 0 bridgehead atoms. The van der Waals surface area contributed by atoms with Gasteiger partial charge in [0, 0.05) is 11.4 Å². The van der Waals surface area contributed by atoms with Crippen molar-refractivity contribution in [1.29, 1.82) is 0 Å². The van der Waals surface area contributed by atoms with Gasteiger partial charge in [0.05, 0.1) is 18.0 Å². The molecular formula is C20H17F3N4O. The molecule has 0 saturated carbocycles. The Kier molecular flexibility index (Phi) is 5.58. The highest BCUT2D eigenvalue weighted by atomic mass is 19.4. The van der Waals surface area contributed by atoms with Crippen LogP contribution in [0.2, 0.25) is 0 Å². The van der Waals surface area contributed by atoms with Gasteiger partial charge in [-0.25, -0.2) is 9.97 Å². The molecule has 0 aliphatic carbocycles. The summed E-state index contributed by atoms with van der Waals surface area (Å²) in [6.07, 6.45) is -0.841. The van der Waals surface area contributed by atoms with Crippen molar-refractivity contribution < 1.29 is 18.0 Å². The van der Waals surface area contributed by atoms with Crippen molar-refractivity contribution in [3.8, 4) is 0 Å². The third kappa shape index (κ3) is 4.85. The second kappa shape index (κ2) is 8.08. The number of carbonyl (C=O) groups is 1. The summed E-state index contributed by atoms with van der Waals surface area (Å²) < 4.78 is 37.7. The van der Waals surface area contributed by atoms with E-state index in [1.54, 1.807) is 0 Å². The van der Waals surface area contributed by atoms with Crippen LogP contribution in [0.1, 0.15) is 28.5 Å². The van der Waals surface area contributed by atoms with Gasteiger partial charge in [-0.15, -0.1) is 0 Å².